The molecular formula is C24H39N5O3. The van der Waals surface area contributed by atoms with E-state index >= 15 is 0 Å². The molecule has 0 spiro atoms. The predicted molar refractivity (Wildman–Crippen MR) is 133 cm³/mol. The fraction of sp³-hybridized carbons (Fsp3) is 0.458. The van der Waals surface area contributed by atoms with E-state index in [1.54, 1.807) is 7.11 Å². The van der Waals surface area contributed by atoms with Crippen LogP contribution in [0.2, 0.25) is 0 Å². The Bertz CT molecular complexity index is 764. The molecule has 2 aromatic rings. The Morgan fingerprint density at radius 2 is 1.59 bits per heavy atom. The summed E-state index contributed by atoms with van der Waals surface area (Å²) in [5.41, 5.74) is 10.6. The quantitative estimate of drug-likeness (QED) is 0.225. The van der Waals surface area contributed by atoms with E-state index in [2.05, 4.69) is 10.3 Å². The van der Waals surface area contributed by atoms with Gasteiger partial charge >= 0.3 is 0 Å². The van der Waals surface area contributed by atoms with Crippen molar-refractivity contribution in [2.45, 2.75) is 13.8 Å². The molecule has 3 N–H and O–H groups in total. The van der Waals surface area contributed by atoms with Crippen LogP contribution >= 0.6 is 0 Å². The number of nitrogens with two attached hydrogens (primary N) is 1. The zero-order valence-corrected chi connectivity index (χ0v) is 20.3. The van der Waals surface area contributed by atoms with Crippen molar-refractivity contribution in [2.75, 3.05) is 66.3 Å². The lowest BCUT2D eigenvalue weighted by molar-refractivity contribution is 0.124. The number of ether oxygens (including phenoxy) is 3. The molecule has 8 nitrogen and oxygen atoms in total. The molecule has 0 radical (unpaired) electrons. The van der Waals surface area contributed by atoms with Crippen molar-refractivity contribution < 1.29 is 14.2 Å². The van der Waals surface area contributed by atoms with Crippen LogP contribution in [-0.4, -0.2) is 72.0 Å². The monoisotopic (exact) mass is 445 g/mol. The number of amidine groups is 1. The Morgan fingerprint density at radius 1 is 0.969 bits per heavy atom. The second-order valence-corrected chi connectivity index (χ2v) is 6.74. The van der Waals surface area contributed by atoms with Gasteiger partial charge in [0.15, 0.2) is 5.84 Å². The van der Waals surface area contributed by atoms with Crippen molar-refractivity contribution in [2.24, 2.45) is 10.7 Å². The van der Waals surface area contributed by atoms with E-state index in [0.717, 1.165) is 35.1 Å². The average Bonchev–Trinajstić information content (AvgIpc) is 2.83. The first-order valence-electron chi connectivity index (χ1n) is 10.9. The molecule has 0 aliphatic rings. The van der Waals surface area contributed by atoms with Gasteiger partial charge in [0.05, 0.1) is 19.4 Å². The lowest BCUT2D eigenvalue weighted by atomic mass is 10.1. The van der Waals surface area contributed by atoms with E-state index < -0.39 is 0 Å². The molecule has 0 unspecified atom stereocenters. The lowest BCUT2D eigenvalue weighted by Gasteiger charge is -2.26. The highest BCUT2D eigenvalue weighted by atomic mass is 16.5. The van der Waals surface area contributed by atoms with E-state index in [1.165, 1.54) is 0 Å². The van der Waals surface area contributed by atoms with E-state index in [-0.39, 0.29) is 6.73 Å². The van der Waals surface area contributed by atoms with Crippen molar-refractivity contribution in [1.29, 1.82) is 0 Å². The molecule has 0 saturated heterocycles. The van der Waals surface area contributed by atoms with E-state index in [0.29, 0.717) is 19.8 Å². The number of hydrazine groups is 1. The van der Waals surface area contributed by atoms with Crippen LogP contribution in [0.25, 0.3) is 0 Å². The number of hydrogen-bond donors (Lipinski definition) is 2. The van der Waals surface area contributed by atoms with Crippen LogP contribution in [0, 0.1) is 0 Å². The molecule has 8 heteroatoms. The third-order valence-corrected chi connectivity index (χ3v) is 4.25. The molecule has 0 atom stereocenters. The van der Waals surface area contributed by atoms with Gasteiger partial charge in [-0.1, -0.05) is 13.8 Å². The number of anilines is 1. The molecular weight excluding hydrogens is 406 g/mol. The summed E-state index contributed by atoms with van der Waals surface area (Å²) in [6.45, 7) is 6.66. The largest absolute Gasteiger partial charge is 0.497 e. The lowest BCUT2D eigenvalue weighted by Crippen LogP contribution is -2.41. The highest BCUT2D eigenvalue weighted by Gasteiger charge is 2.15. The minimum atomic E-state index is 0.253. The summed E-state index contributed by atoms with van der Waals surface area (Å²) in [5.74, 6) is 2.30. The van der Waals surface area contributed by atoms with Crippen molar-refractivity contribution in [3.05, 3.63) is 54.1 Å². The summed E-state index contributed by atoms with van der Waals surface area (Å²) in [4.78, 5) is 6.79. The topological polar surface area (TPSA) is 84.6 Å². The SMILES string of the molecule is CC.CNN(/C(=N\COCCN(C)C)c1ccc(OCCN)cc1)c1ccc(OC)cc1. The van der Waals surface area contributed by atoms with E-state index in [1.807, 2.05) is 88.5 Å². The average molecular weight is 446 g/mol. The Hall–Kier alpha value is -2.65. The van der Waals surface area contributed by atoms with Gasteiger partial charge in [-0.2, -0.15) is 0 Å². The van der Waals surface area contributed by atoms with Gasteiger partial charge in [-0.3, -0.25) is 5.01 Å². The van der Waals surface area contributed by atoms with Gasteiger partial charge in [-0.15, -0.1) is 0 Å². The van der Waals surface area contributed by atoms with Crippen molar-refractivity contribution in [3.63, 3.8) is 0 Å². The van der Waals surface area contributed by atoms with E-state index in [9.17, 15) is 0 Å². The summed E-state index contributed by atoms with van der Waals surface area (Å²) < 4.78 is 16.6. The number of methoxy groups -OCH3 is 1. The molecule has 0 aromatic heterocycles. The summed E-state index contributed by atoms with van der Waals surface area (Å²) in [6.07, 6.45) is 0. The Kier molecular flexibility index (Phi) is 13.7. The Balaban J connectivity index is 0.00000249. The summed E-state index contributed by atoms with van der Waals surface area (Å²) in [6, 6.07) is 15.5. The van der Waals surface area contributed by atoms with Gasteiger partial charge in [0, 0.05) is 25.7 Å². The van der Waals surface area contributed by atoms with Crippen molar-refractivity contribution in [3.8, 4) is 11.5 Å². The summed E-state index contributed by atoms with van der Waals surface area (Å²) in [5, 5.41) is 1.91. The van der Waals surface area contributed by atoms with Crippen LogP contribution < -0.4 is 25.6 Å². The van der Waals surface area contributed by atoms with Crippen LogP contribution in [0.4, 0.5) is 5.69 Å². The zero-order valence-electron chi connectivity index (χ0n) is 20.3. The number of nitrogens with zero attached hydrogens (tertiary/aromatic N) is 3. The van der Waals surface area contributed by atoms with Crippen LogP contribution in [-0.2, 0) is 4.74 Å². The standard InChI is InChI=1S/C22H33N5O3.C2H6/c1-24-27(19-7-11-20(28-4)12-8-19)22(25-17-29-16-14-26(2)3)18-5-9-21(10-6-18)30-15-13-23;1-2/h5-12,24H,13-17,23H2,1-4H3;1-2H3/b25-22-;. The second kappa shape index (κ2) is 16.0. The molecule has 178 valence electrons. The van der Waals surface area contributed by atoms with Crippen LogP contribution in [0.5, 0.6) is 11.5 Å². The molecule has 0 fully saturated rings. The highest BCUT2D eigenvalue weighted by molar-refractivity contribution is 6.09. The number of likely N-dealkylation sites (N-methyl/N-ethyl adjacent to an activating group) is 1. The molecule has 0 amide bonds. The highest BCUT2D eigenvalue weighted by Crippen LogP contribution is 2.21. The first kappa shape index (κ1) is 27.4. The molecule has 32 heavy (non-hydrogen) atoms. The molecule has 0 heterocycles. The maximum absolute atomic E-state index is 5.70. The van der Waals surface area contributed by atoms with Gasteiger partial charge in [-0.25, -0.2) is 10.4 Å². The van der Waals surface area contributed by atoms with Crippen LogP contribution in [0.3, 0.4) is 0 Å². The molecule has 0 aliphatic carbocycles. The number of nitrogens with one attached hydrogen (secondary N) is 1. The number of aliphatic imine (C=N–C) groups is 1. The first-order valence-corrected chi connectivity index (χ1v) is 10.9. The second-order valence-electron chi connectivity index (χ2n) is 6.74. The fourth-order valence-electron chi connectivity index (χ4n) is 2.68. The number of benzene rings is 2. The summed E-state index contributed by atoms with van der Waals surface area (Å²) >= 11 is 0. The van der Waals surface area contributed by atoms with Gasteiger partial charge < -0.3 is 24.8 Å². The molecule has 0 saturated carbocycles. The molecule has 0 aliphatic heterocycles. The van der Waals surface area contributed by atoms with Gasteiger partial charge in [0.25, 0.3) is 0 Å². The van der Waals surface area contributed by atoms with Gasteiger partial charge in [0.1, 0.15) is 24.8 Å². The first-order chi connectivity index (χ1) is 15.6. The molecule has 2 aromatic carbocycles. The summed E-state index contributed by atoms with van der Waals surface area (Å²) in [7, 11) is 7.53. The van der Waals surface area contributed by atoms with Gasteiger partial charge in [-0.05, 0) is 62.6 Å². The normalized spacial score (nSPS) is 11.1. The molecule has 2 rings (SSSR count). The smallest absolute Gasteiger partial charge is 0.152 e. The Morgan fingerprint density at radius 3 is 2.12 bits per heavy atom. The minimum absolute atomic E-state index is 0.253. The minimum Gasteiger partial charge on any atom is -0.497 e. The zero-order chi connectivity index (χ0) is 23.8. The van der Waals surface area contributed by atoms with E-state index in [4.69, 9.17) is 24.9 Å². The third-order valence-electron chi connectivity index (χ3n) is 4.25. The van der Waals surface area contributed by atoms with Gasteiger partial charge in [0.2, 0.25) is 0 Å². The number of rotatable bonds is 12. The maximum Gasteiger partial charge on any atom is 0.152 e. The van der Waals surface area contributed by atoms with Crippen molar-refractivity contribution >= 4 is 11.5 Å². The molecule has 0 bridgehead atoms. The maximum atomic E-state index is 5.70. The number of hydrogen-bond acceptors (Lipinski definition) is 7. The fourth-order valence-corrected chi connectivity index (χ4v) is 2.68. The van der Waals surface area contributed by atoms with Crippen molar-refractivity contribution in [1.82, 2.24) is 10.3 Å². The van der Waals surface area contributed by atoms with Crippen LogP contribution in [0.15, 0.2) is 53.5 Å². The Labute approximate surface area is 192 Å². The van der Waals surface area contributed by atoms with Crippen LogP contribution in [0.1, 0.15) is 19.4 Å². The third kappa shape index (κ3) is 9.23. The predicted octanol–water partition coefficient (Wildman–Crippen LogP) is 2.98.